The first-order valence-electron chi connectivity index (χ1n) is 5.77. The van der Waals surface area contributed by atoms with Crippen molar-refractivity contribution in [2.75, 3.05) is 11.1 Å². The summed E-state index contributed by atoms with van der Waals surface area (Å²) in [6, 6.07) is 2.34. The number of rotatable bonds is 5. The van der Waals surface area contributed by atoms with Gasteiger partial charge in [-0.3, -0.25) is 0 Å². The van der Waals surface area contributed by atoms with Crippen LogP contribution in [0, 0.1) is 11.7 Å². The number of ether oxygens (including phenoxy) is 1. The molecular formula is C12H15F3N2O. The van der Waals surface area contributed by atoms with Gasteiger partial charge in [0.25, 0.3) is 0 Å². The standard InChI is InChI=1S/C12H15F3N2O/c1-6(7-2-3-7)17-10-5-11(18-12(14)15)8(13)4-9(10)16/h4-7,12,17H,2-3,16H2,1H3. The number of hydrogen-bond acceptors (Lipinski definition) is 3. The van der Waals surface area contributed by atoms with Crippen LogP contribution in [-0.4, -0.2) is 12.7 Å². The smallest absolute Gasteiger partial charge is 0.387 e. The molecule has 1 saturated carbocycles. The molecule has 0 amide bonds. The monoisotopic (exact) mass is 260 g/mol. The summed E-state index contributed by atoms with van der Waals surface area (Å²) in [4.78, 5) is 0. The molecule has 0 aliphatic heterocycles. The number of hydrogen-bond donors (Lipinski definition) is 2. The molecule has 0 radical (unpaired) electrons. The number of anilines is 2. The van der Waals surface area contributed by atoms with E-state index in [9.17, 15) is 13.2 Å². The lowest BCUT2D eigenvalue weighted by Crippen LogP contribution is -2.18. The lowest BCUT2D eigenvalue weighted by Gasteiger charge is -2.17. The van der Waals surface area contributed by atoms with Gasteiger partial charge in [-0.05, 0) is 25.7 Å². The lowest BCUT2D eigenvalue weighted by atomic mass is 10.2. The van der Waals surface area contributed by atoms with E-state index in [0.717, 1.165) is 18.9 Å². The zero-order valence-corrected chi connectivity index (χ0v) is 9.92. The Kier molecular flexibility index (Phi) is 3.54. The molecule has 2 rings (SSSR count). The van der Waals surface area contributed by atoms with E-state index in [4.69, 9.17) is 5.73 Å². The molecule has 1 fully saturated rings. The molecule has 1 aromatic rings. The molecule has 3 N–H and O–H groups in total. The van der Waals surface area contributed by atoms with Crippen molar-refractivity contribution in [3.8, 4) is 5.75 Å². The Hall–Kier alpha value is -1.59. The first-order valence-corrected chi connectivity index (χ1v) is 5.77. The fourth-order valence-corrected chi connectivity index (χ4v) is 1.84. The summed E-state index contributed by atoms with van der Waals surface area (Å²) in [7, 11) is 0. The number of nitrogens with one attached hydrogen (secondary N) is 1. The number of nitrogen functional groups attached to an aromatic ring is 1. The van der Waals surface area contributed by atoms with E-state index in [1.165, 1.54) is 6.07 Å². The van der Waals surface area contributed by atoms with Crippen molar-refractivity contribution in [2.24, 2.45) is 5.92 Å². The van der Waals surface area contributed by atoms with Crippen LogP contribution in [0.25, 0.3) is 0 Å². The van der Waals surface area contributed by atoms with Gasteiger partial charge in [-0.1, -0.05) is 0 Å². The SMILES string of the molecule is CC(Nc1cc(OC(F)F)c(F)cc1N)C1CC1. The van der Waals surface area contributed by atoms with Gasteiger partial charge in [0.15, 0.2) is 11.6 Å². The second kappa shape index (κ2) is 4.96. The third-order valence-electron chi connectivity index (χ3n) is 3.03. The van der Waals surface area contributed by atoms with Crippen molar-refractivity contribution in [1.29, 1.82) is 0 Å². The third-order valence-corrected chi connectivity index (χ3v) is 3.03. The quantitative estimate of drug-likeness (QED) is 0.799. The first-order chi connectivity index (χ1) is 8.47. The lowest BCUT2D eigenvalue weighted by molar-refractivity contribution is -0.0521. The van der Waals surface area contributed by atoms with E-state index in [2.05, 4.69) is 10.1 Å². The minimum Gasteiger partial charge on any atom is -0.432 e. The van der Waals surface area contributed by atoms with Crippen LogP contribution in [0.1, 0.15) is 19.8 Å². The molecule has 0 heterocycles. The predicted molar refractivity (Wildman–Crippen MR) is 63.3 cm³/mol. The highest BCUT2D eigenvalue weighted by atomic mass is 19.3. The summed E-state index contributed by atoms with van der Waals surface area (Å²) in [5.41, 5.74) is 6.25. The minimum absolute atomic E-state index is 0.178. The molecular weight excluding hydrogens is 245 g/mol. The zero-order valence-electron chi connectivity index (χ0n) is 9.92. The first kappa shape index (κ1) is 12.9. The zero-order chi connectivity index (χ0) is 13.3. The second-order valence-corrected chi connectivity index (χ2v) is 4.52. The summed E-state index contributed by atoms with van der Waals surface area (Å²) in [6.45, 7) is -1.08. The maximum absolute atomic E-state index is 13.3. The average molecular weight is 260 g/mol. The van der Waals surface area contributed by atoms with Crippen LogP contribution in [0.15, 0.2) is 12.1 Å². The van der Waals surface area contributed by atoms with Crippen LogP contribution in [0.5, 0.6) is 5.75 Å². The average Bonchev–Trinajstić information content (AvgIpc) is 3.07. The maximum Gasteiger partial charge on any atom is 0.387 e. The summed E-state index contributed by atoms with van der Waals surface area (Å²) >= 11 is 0. The third kappa shape index (κ3) is 3.00. The van der Waals surface area contributed by atoms with E-state index >= 15 is 0 Å². The molecule has 1 unspecified atom stereocenters. The van der Waals surface area contributed by atoms with E-state index in [0.29, 0.717) is 11.6 Å². The highest BCUT2D eigenvalue weighted by molar-refractivity contribution is 5.69. The van der Waals surface area contributed by atoms with Gasteiger partial charge in [-0.25, -0.2) is 4.39 Å². The molecule has 6 heteroatoms. The Morgan fingerprint density at radius 3 is 2.61 bits per heavy atom. The summed E-state index contributed by atoms with van der Waals surface area (Å²) in [5.74, 6) is -0.823. The fraction of sp³-hybridized carbons (Fsp3) is 0.500. The fourth-order valence-electron chi connectivity index (χ4n) is 1.84. The molecule has 18 heavy (non-hydrogen) atoms. The van der Waals surface area contributed by atoms with E-state index in [-0.39, 0.29) is 11.7 Å². The maximum atomic E-state index is 13.3. The largest absolute Gasteiger partial charge is 0.432 e. The Morgan fingerprint density at radius 2 is 2.06 bits per heavy atom. The Balaban J connectivity index is 2.17. The van der Waals surface area contributed by atoms with Crippen molar-refractivity contribution in [3.05, 3.63) is 17.9 Å². The van der Waals surface area contributed by atoms with Crippen molar-refractivity contribution in [2.45, 2.75) is 32.4 Å². The van der Waals surface area contributed by atoms with Crippen LogP contribution >= 0.6 is 0 Å². The predicted octanol–water partition coefficient (Wildman–Crippen LogP) is 3.22. The van der Waals surface area contributed by atoms with Crippen molar-refractivity contribution in [1.82, 2.24) is 0 Å². The summed E-state index contributed by atoms with van der Waals surface area (Å²) in [6.07, 6.45) is 2.27. The topological polar surface area (TPSA) is 47.3 Å². The molecule has 0 spiro atoms. The molecule has 0 saturated heterocycles. The normalized spacial score (nSPS) is 16.7. The van der Waals surface area contributed by atoms with Crippen molar-refractivity contribution < 1.29 is 17.9 Å². The molecule has 0 bridgehead atoms. The number of nitrogens with two attached hydrogens (primary N) is 1. The molecule has 3 nitrogen and oxygen atoms in total. The van der Waals surface area contributed by atoms with Crippen molar-refractivity contribution in [3.63, 3.8) is 0 Å². The second-order valence-electron chi connectivity index (χ2n) is 4.52. The van der Waals surface area contributed by atoms with Gasteiger partial charge < -0.3 is 15.8 Å². The highest BCUT2D eigenvalue weighted by Crippen LogP contribution is 2.36. The van der Waals surface area contributed by atoms with Crippen molar-refractivity contribution >= 4 is 11.4 Å². The van der Waals surface area contributed by atoms with Crippen LogP contribution in [0.3, 0.4) is 0 Å². The van der Waals surface area contributed by atoms with E-state index in [1.807, 2.05) is 6.92 Å². The van der Waals surface area contributed by atoms with Gasteiger partial charge in [0, 0.05) is 18.2 Å². The molecule has 100 valence electrons. The Bertz CT molecular complexity index is 436. The van der Waals surface area contributed by atoms with Gasteiger partial charge in [0.1, 0.15) is 0 Å². The van der Waals surface area contributed by atoms with Crippen LogP contribution < -0.4 is 15.8 Å². The minimum atomic E-state index is -3.06. The van der Waals surface area contributed by atoms with E-state index in [1.54, 1.807) is 0 Å². The highest BCUT2D eigenvalue weighted by Gasteiger charge is 2.28. The molecule has 1 aromatic carbocycles. The van der Waals surface area contributed by atoms with Crippen LogP contribution in [0.4, 0.5) is 24.5 Å². The molecule has 1 atom stereocenters. The molecule has 1 aliphatic carbocycles. The number of halogens is 3. The summed E-state index contributed by atoms with van der Waals surface area (Å²) in [5, 5.41) is 3.10. The van der Waals surface area contributed by atoms with Gasteiger partial charge >= 0.3 is 6.61 Å². The van der Waals surface area contributed by atoms with Crippen LogP contribution in [0.2, 0.25) is 0 Å². The van der Waals surface area contributed by atoms with Gasteiger partial charge in [0.2, 0.25) is 0 Å². The summed E-state index contributed by atoms with van der Waals surface area (Å²) < 4.78 is 41.6. The van der Waals surface area contributed by atoms with Gasteiger partial charge in [0.05, 0.1) is 11.4 Å². The Labute approximate surface area is 103 Å². The Morgan fingerprint density at radius 1 is 1.39 bits per heavy atom. The van der Waals surface area contributed by atoms with Gasteiger partial charge in [-0.2, -0.15) is 8.78 Å². The molecule has 1 aliphatic rings. The number of benzene rings is 1. The molecule has 0 aromatic heterocycles. The van der Waals surface area contributed by atoms with Crippen LogP contribution in [-0.2, 0) is 0 Å². The van der Waals surface area contributed by atoms with E-state index < -0.39 is 18.2 Å². The number of alkyl halides is 2. The van der Waals surface area contributed by atoms with Gasteiger partial charge in [-0.15, -0.1) is 0 Å².